The average Bonchev–Trinajstić information content (AvgIpc) is 2.69. The molecule has 5 heteroatoms. The minimum absolute atomic E-state index is 0.0528. The van der Waals surface area contributed by atoms with E-state index in [4.69, 9.17) is 0 Å². The third-order valence-corrected chi connectivity index (χ3v) is 2.86. The molecule has 0 aliphatic rings. The van der Waals surface area contributed by atoms with Crippen molar-refractivity contribution < 1.29 is 13.6 Å². The van der Waals surface area contributed by atoms with Gasteiger partial charge >= 0.3 is 0 Å². The molecule has 0 saturated carbocycles. The van der Waals surface area contributed by atoms with Gasteiger partial charge in [0.05, 0.1) is 17.7 Å². The monoisotopic (exact) mass is 264 g/mol. The van der Waals surface area contributed by atoms with Crippen molar-refractivity contribution in [3.05, 3.63) is 52.9 Å². The predicted octanol–water partition coefficient (Wildman–Crippen LogP) is 2.92. The summed E-state index contributed by atoms with van der Waals surface area (Å²) in [7, 11) is 0. The summed E-state index contributed by atoms with van der Waals surface area (Å²) in [5, 5.41) is 4.22. The molecule has 0 amide bonds. The molecule has 0 aliphatic carbocycles. The Morgan fingerprint density at radius 3 is 2.68 bits per heavy atom. The van der Waals surface area contributed by atoms with Crippen LogP contribution >= 0.6 is 0 Å². The van der Waals surface area contributed by atoms with Gasteiger partial charge in [-0.3, -0.25) is 9.48 Å². The lowest BCUT2D eigenvalue weighted by atomic mass is 10.1. The molecule has 19 heavy (non-hydrogen) atoms. The largest absolute Gasteiger partial charge is 0.294 e. The van der Waals surface area contributed by atoms with E-state index in [1.165, 1.54) is 6.07 Å². The van der Waals surface area contributed by atoms with Gasteiger partial charge in [-0.1, -0.05) is 0 Å². The SMILES string of the molecule is CCn1nc(C)cc1CC(=O)c1ccc(F)cc1F. The Kier molecular flexibility index (Phi) is 3.74. The summed E-state index contributed by atoms with van der Waals surface area (Å²) in [5.41, 5.74) is 1.45. The molecular formula is C14H14F2N2O. The average molecular weight is 264 g/mol. The van der Waals surface area contributed by atoms with Crippen LogP contribution in [0.4, 0.5) is 8.78 Å². The summed E-state index contributed by atoms with van der Waals surface area (Å²) in [4.78, 5) is 12.0. The molecule has 0 saturated heterocycles. The first-order valence-electron chi connectivity index (χ1n) is 6.03. The molecule has 0 atom stereocenters. The molecule has 1 heterocycles. The number of Topliss-reactive ketones (excluding diaryl/α,β-unsaturated/α-hetero) is 1. The molecule has 0 radical (unpaired) electrons. The third-order valence-electron chi connectivity index (χ3n) is 2.86. The molecule has 0 bridgehead atoms. The van der Waals surface area contributed by atoms with Gasteiger partial charge in [0, 0.05) is 18.3 Å². The maximum Gasteiger partial charge on any atom is 0.171 e. The summed E-state index contributed by atoms with van der Waals surface area (Å²) < 4.78 is 28.0. The van der Waals surface area contributed by atoms with Crippen LogP contribution in [0.1, 0.15) is 28.7 Å². The normalized spacial score (nSPS) is 10.7. The van der Waals surface area contributed by atoms with Gasteiger partial charge in [0.15, 0.2) is 5.78 Å². The maximum absolute atomic E-state index is 13.5. The van der Waals surface area contributed by atoms with Crippen LogP contribution in [0.2, 0.25) is 0 Å². The quantitative estimate of drug-likeness (QED) is 0.796. The Bertz CT molecular complexity index is 620. The van der Waals surface area contributed by atoms with Gasteiger partial charge < -0.3 is 0 Å². The van der Waals surface area contributed by atoms with Crippen molar-refractivity contribution >= 4 is 5.78 Å². The molecule has 3 nitrogen and oxygen atoms in total. The van der Waals surface area contributed by atoms with Gasteiger partial charge in [0.2, 0.25) is 0 Å². The highest BCUT2D eigenvalue weighted by atomic mass is 19.1. The fourth-order valence-electron chi connectivity index (χ4n) is 1.99. The highest BCUT2D eigenvalue weighted by molar-refractivity contribution is 5.97. The summed E-state index contributed by atoms with van der Waals surface area (Å²) in [6, 6.07) is 4.77. The molecule has 0 N–H and O–H groups in total. The zero-order chi connectivity index (χ0) is 14.0. The van der Waals surface area contributed by atoms with Crippen molar-refractivity contribution in [2.24, 2.45) is 0 Å². The second-order valence-electron chi connectivity index (χ2n) is 4.32. The van der Waals surface area contributed by atoms with Crippen LogP contribution in [-0.2, 0) is 13.0 Å². The number of hydrogen-bond donors (Lipinski definition) is 0. The van der Waals surface area contributed by atoms with E-state index >= 15 is 0 Å². The minimum atomic E-state index is -0.829. The predicted molar refractivity (Wildman–Crippen MR) is 67.0 cm³/mol. The first-order chi connectivity index (χ1) is 9.01. The fourth-order valence-corrected chi connectivity index (χ4v) is 1.99. The van der Waals surface area contributed by atoms with E-state index < -0.39 is 11.6 Å². The van der Waals surface area contributed by atoms with Crippen molar-refractivity contribution in [2.75, 3.05) is 0 Å². The van der Waals surface area contributed by atoms with Crippen LogP contribution in [0.25, 0.3) is 0 Å². The van der Waals surface area contributed by atoms with Gasteiger partial charge in [-0.2, -0.15) is 5.10 Å². The molecule has 0 unspecified atom stereocenters. The fraction of sp³-hybridized carbons (Fsp3) is 0.286. The zero-order valence-corrected chi connectivity index (χ0v) is 10.8. The Morgan fingerprint density at radius 1 is 1.32 bits per heavy atom. The number of aromatic nitrogens is 2. The number of aryl methyl sites for hydroxylation is 2. The van der Waals surface area contributed by atoms with Crippen LogP contribution in [-0.4, -0.2) is 15.6 Å². The Morgan fingerprint density at radius 2 is 2.05 bits per heavy atom. The number of nitrogens with zero attached hydrogens (tertiary/aromatic N) is 2. The second-order valence-corrected chi connectivity index (χ2v) is 4.32. The van der Waals surface area contributed by atoms with Crippen LogP contribution in [0.15, 0.2) is 24.3 Å². The topological polar surface area (TPSA) is 34.9 Å². The van der Waals surface area contributed by atoms with E-state index in [9.17, 15) is 13.6 Å². The summed E-state index contributed by atoms with van der Waals surface area (Å²) in [6.07, 6.45) is 0.0528. The number of carbonyl (C=O) groups is 1. The van der Waals surface area contributed by atoms with Crippen molar-refractivity contribution in [3.8, 4) is 0 Å². The third kappa shape index (κ3) is 2.86. The van der Waals surface area contributed by atoms with E-state index in [2.05, 4.69) is 5.10 Å². The molecule has 0 fully saturated rings. The zero-order valence-electron chi connectivity index (χ0n) is 10.8. The highest BCUT2D eigenvalue weighted by Crippen LogP contribution is 2.14. The van der Waals surface area contributed by atoms with Gasteiger partial charge in [-0.25, -0.2) is 8.78 Å². The Labute approximate surface area is 109 Å². The van der Waals surface area contributed by atoms with Crippen LogP contribution in [0.5, 0.6) is 0 Å². The van der Waals surface area contributed by atoms with Gasteiger partial charge in [0.1, 0.15) is 11.6 Å². The van der Waals surface area contributed by atoms with Crippen molar-refractivity contribution in [1.29, 1.82) is 0 Å². The summed E-state index contributed by atoms with van der Waals surface area (Å²) in [6.45, 7) is 4.39. The van der Waals surface area contributed by atoms with Crippen molar-refractivity contribution in [1.82, 2.24) is 9.78 Å². The standard InChI is InChI=1S/C14H14F2N2O/c1-3-18-11(6-9(2)17-18)8-14(19)12-5-4-10(15)7-13(12)16/h4-7H,3,8H2,1-2H3. The number of hydrogen-bond acceptors (Lipinski definition) is 2. The van der Waals surface area contributed by atoms with Gasteiger partial charge in [-0.05, 0) is 32.0 Å². The Hall–Kier alpha value is -2.04. The minimum Gasteiger partial charge on any atom is -0.294 e. The van der Waals surface area contributed by atoms with Crippen LogP contribution in [0.3, 0.4) is 0 Å². The lowest BCUT2D eigenvalue weighted by Crippen LogP contribution is -2.11. The van der Waals surface area contributed by atoms with E-state index in [-0.39, 0.29) is 17.8 Å². The molecule has 2 rings (SSSR count). The summed E-state index contributed by atoms with van der Waals surface area (Å²) >= 11 is 0. The van der Waals surface area contributed by atoms with Crippen LogP contribution < -0.4 is 0 Å². The molecular weight excluding hydrogens is 250 g/mol. The molecule has 2 aromatic rings. The van der Waals surface area contributed by atoms with E-state index in [0.29, 0.717) is 6.54 Å². The number of ketones is 1. The highest BCUT2D eigenvalue weighted by Gasteiger charge is 2.15. The Balaban J connectivity index is 2.25. The molecule has 0 aliphatic heterocycles. The van der Waals surface area contributed by atoms with E-state index in [1.807, 2.05) is 13.8 Å². The van der Waals surface area contributed by atoms with Gasteiger partial charge in [0.25, 0.3) is 0 Å². The smallest absolute Gasteiger partial charge is 0.171 e. The first kappa shape index (κ1) is 13.4. The van der Waals surface area contributed by atoms with Crippen LogP contribution in [0, 0.1) is 18.6 Å². The molecule has 100 valence electrons. The van der Waals surface area contributed by atoms with E-state index in [1.54, 1.807) is 10.7 Å². The number of carbonyl (C=O) groups excluding carboxylic acids is 1. The molecule has 0 spiro atoms. The lowest BCUT2D eigenvalue weighted by molar-refractivity contribution is 0.0986. The number of rotatable bonds is 4. The van der Waals surface area contributed by atoms with Crippen molar-refractivity contribution in [3.63, 3.8) is 0 Å². The number of benzene rings is 1. The first-order valence-corrected chi connectivity index (χ1v) is 6.03. The van der Waals surface area contributed by atoms with E-state index in [0.717, 1.165) is 23.5 Å². The molecule has 1 aromatic heterocycles. The van der Waals surface area contributed by atoms with Gasteiger partial charge in [-0.15, -0.1) is 0 Å². The maximum atomic E-state index is 13.5. The lowest BCUT2D eigenvalue weighted by Gasteiger charge is -2.05. The molecule has 1 aromatic carbocycles. The summed E-state index contributed by atoms with van der Waals surface area (Å²) in [5.74, 6) is -1.90. The second kappa shape index (κ2) is 5.30. The number of halogens is 2. The van der Waals surface area contributed by atoms with Crippen molar-refractivity contribution in [2.45, 2.75) is 26.8 Å².